The number of hydrogen-bond acceptors (Lipinski definition) is 5. The van der Waals surface area contributed by atoms with Gasteiger partial charge in [-0.3, -0.25) is 15.1 Å². The first-order chi connectivity index (χ1) is 15.6. The van der Waals surface area contributed by atoms with Crippen molar-refractivity contribution in [2.75, 3.05) is 19.7 Å². The molecule has 0 fully saturated rings. The highest BCUT2D eigenvalue weighted by Gasteiger charge is 2.33. The Morgan fingerprint density at radius 2 is 1.85 bits per heavy atom. The molecule has 0 unspecified atom stereocenters. The van der Waals surface area contributed by atoms with Crippen molar-refractivity contribution >= 4 is 15.9 Å². The van der Waals surface area contributed by atoms with Gasteiger partial charge in [-0.05, 0) is 42.0 Å². The van der Waals surface area contributed by atoms with Crippen LogP contribution < -0.4 is 10.8 Å². The third-order valence-corrected chi connectivity index (χ3v) is 6.64. The Hall–Kier alpha value is -2.96. The van der Waals surface area contributed by atoms with Gasteiger partial charge >= 0.3 is 6.18 Å². The van der Waals surface area contributed by atoms with E-state index in [1.54, 1.807) is 12.1 Å². The highest BCUT2D eigenvalue weighted by molar-refractivity contribution is 7.89. The number of carbonyl (C=O) groups is 1. The summed E-state index contributed by atoms with van der Waals surface area (Å²) in [5.74, 6) is -0.795. The van der Waals surface area contributed by atoms with Gasteiger partial charge in [0.2, 0.25) is 15.9 Å². The summed E-state index contributed by atoms with van der Waals surface area (Å²) < 4.78 is 78.0. The van der Waals surface area contributed by atoms with E-state index in [0.29, 0.717) is 11.8 Å². The topological polar surface area (TPSA) is 87.7 Å². The van der Waals surface area contributed by atoms with Gasteiger partial charge < -0.3 is 5.32 Å². The van der Waals surface area contributed by atoms with Gasteiger partial charge in [0.1, 0.15) is 5.82 Å². The monoisotopic (exact) mass is 487 g/mol. The van der Waals surface area contributed by atoms with Gasteiger partial charge in [0, 0.05) is 31.8 Å². The van der Waals surface area contributed by atoms with Gasteiger partial charge in [0.15, 0.2) is 6.61 Å². The minimum Gasteiger partial charge on any atom is -0.350 e. The molecule has 1 amide bonds. The fraction of sp³-hybridized carbons (Fsp3) is 0.286. The molecule has 0 aromatic heterocycles. The van der Waals surface area contributed by atoms with Crippen molar-refractivity contribution < 1.29 is 35.6 Å². The molecular formula is C21H21F4N3O4S. The Morgan fingerprint density at radius 3 is 2.48 bits per heavy atom. The Morgan fingerprint density at radius 1 is 1.12 bits per heavy atom. The van der Waals surface area contributed by atoms with E-state index in [4.69, 9.17) is 4.84 Å². The highest BCUT2D eigenvalue weighted by atomic mass is 32.2. The second-order valence-electron chi connectivity index (χ2n) is 7.16. The number of benzene rings is 2. The van der Waals surface area contributed by atoms with Crippen LogP contribution >= 0.6 is 0 Å². The van der Waals surface area contributed by atoms with Crippen molar-refractivity contribution in [2.45, 2.75) is 24.0 Å². The molecule has 0 aliphatic carbocycles. The van der Waals surface area contributed by atoms with E-state index in [1.165, 1.54) is 18.2 Å². The molecule has 178 valence electrons. The Labute approximate surface area is 188 Å². The Balaban J connectivity index is 1.47. The number of rotatable bonds is 8. The number of nitrogens with one attached hydrogen (secondary N) is 2. The number of amides is 1. The largest absolute Gasteiger partial charge is 0.416 e. The van der Waals surface area contributed by atoms with Crippen LogP contribution in [0, 0.1) is 5.82 Å². The SMILES string of the molecule is O=C(CONC1=CCN(S(=O)(=O)c2cccc(C(F)(F)F)c2)CC1)NCc1ccc(F)cc1. The van der Waals surface area contributed by atoms with E-state index in [9.17, 15) is 30.8 Å². The molecule has 2 aromatic rings. The van der Waals surface area contributed by atoms with Gasteiger partial charge in [-0.2, -0.15) is 17.5 Å². The molecule has 3 rings (SSSR count). The lowest BCUT2D eigenvalue weighted by molar-refractivity contribution is -0.137. The molecule has 0 atom stereocenters. The lowest BCUT2D eigenvalue weighted by Gasteiger charge is -2.26. The van der Waals surface area contributed by atoms with Gasteiger partial charge in [0.25, 0.3) is 0 Å². The van der Waals surface area contributed by atoms with Crippen LogP contribution in [0.15, 0.2) is 65.2 Å². The normalized spacial score (nSPS) is 15.1. The molecule has 1 aliphatic heterocycles. The van der Waals surface area contributed by atoms with Crippen molar-refractivity contribution in [3.63, 3.8) is 0 Å². The van der Waals surface area contributed by atoms with E-state index in [2.05, 4.69) is 10.8 Å². The molecule has 0 bridgehead atoms. The minimum atomic E-state index is -4.65. The Kier molecular flexibility index (Phi) is 7.72. The standard InChI is InChI=1S/C21H21F4N3O4S/c22-17-6-4-15(5-7-17)13-26-20(29)14-32-27-18-8-10-28(11-9-18)33(30,31)19-3-1-2-16(12-19)21(23,24)25/h1-8,12,27H,9-11,13-14H2,(H,26,29). The lowest BCUT2D eigenvalue weighted by Crippen LogP contribution is -2.37. The zero-order valence-corrected chi connectivity index (χ0v) is 18.0. The van der Waals surface area contributed by atoms with Crippen LogP contribution in [-0.2, 0) is 32.4 Å². The van der Waals surface area contributed by atoms with Crippen molar-refractivity contribution in [3.05, 3.63) is 77.2 Å². The van der Waals surface area contributed by atoms with Crippen molar-refractivity contribution in [1.29, 1.82) is 0 Å². The average molecular weight is 487 g/mol. The third-order valence-electron chi connectivity index (χ3n) is 4.78. The molecule has 0 saturated heterocycles. The molecule has 12 heteroatoms. The second kappa shape index (κ2) is 10.3. The first kappa shape index (κ1) is 24.7. The quantitative estimate of drug-likeness (QED) is 0.442. The smallest absolute Gasteiger partial charge is 0.350 e. The van der Waals surface area contributed by atoms with Gasteiger partial charge in [-0.25, -0.2) is 12.8 Å². The summed E-state index contributed by atoms with van der Waals surface area (Å²) in [5, 5.41) is 2.60. The number of halogens is 4. The number of carbonyl (C=O) groups excluding carboxylic acids is 1. The zero-order valence-electron chi connectivity index (χ0n) is 17.2. The summed E-state index contributed by atoms with van der Waals surface area (Å²) in [6, 6.07) is 9.25. The van der Waals surface area contributed by atoms with Crippen LogP contribution in [-0.4, -0.2) is 38.3 Å². The number of hydrogen-bond donors (Lipinski definition) is 2. The number of alkyl halides is 3. The minimum absolute atomic E-state index is 0.0253. The maximum atomic E-state index is 12.9. The molecule has 0 spiro atoms. The maximum Gasteiger partial charge on any atom is 0.416 e. The van der Waals surface area contributed by atoms with E-state index in [-0.39, 0.29) is 38.5 Å². The molecule has 0 radical (unpaired) electrons. The highest BCUT2D eigenvalue weighted by Crippen LogP contribution is 2.31. The van der Waals surface area contributed by atoms with Crippen molar-refractivity contribution in [2.24, 2.45) is 0 Å². The predicted octanol–water partition coefficient (Wildman–Crippen LogP) is 2.96. The summed E-state index contributed by atoms with van der Waals surface area (Å²) >= 11 is 0. The number of nitrogens with zero attached hydrogens (tertiary/aromatic N) is 1. The van der Waals surface area contributed by atoms with Crippen LogP contribution in [0.5, 0.6) is 0 Å². The van der Waals surface area contributed by atoms with Gasteiger partial charge in [-0.15, -0.1) is 0 Å². The van der Waals surface area contributed by atoms with Crippen LogP contribution in [0.4, 0.5) is 17.6 Å². The number of sulfonamides is 1. The lowest BCUT2D eigenvalue weighted by atomic mass is 10.2. The average Bonchev–Trinajstić information content (AvgIpc) is 2.78. The van der Waals surface area contributed by atoms with E-state index < -0.39 is 32.6 Å². The number of hydroxylamine groups is 1. The fourth-order valence-corrected chi connectivity index (χ4v) is 4.42. The van der Waals surface area contributed by atoms with Crippen LogP contribution in [0.3, 0.4) is 0 Å². The molecule has 33 heavy (non-hydrogen) atoms. The molecule has 2 N–H and O–H groups in total. The molecule has 1 heterocycles. The summed E-state index contributed by atoms with van der Waals surface area (Å²) in [5.41, 5.74) is 2.80. The van der Waals surface area contributed by atoms with Crippen LogP contribution in [0.2, 0.25) is 0 Å². The van der Waals surface area contributed by atoms with E-state index in [1.807, 2.05) is 0 Å². The molecule has 2 aromatic carbocycles. The second-order valence-corrected chi connectivity index (χ2v) is 9.10. The molecule has 0 saturated carbocycles. The van der Waals surface area contributed by atoms with Crippen LogP contribution in [0.25, 0.3) is 0 Å². The summed E-state index contributed by atoms with van der Waals surface area (Å²) in [7, 11) is -4.11. The first-order valence-corrected chi connectivity index (χ1v) is 11.2. The molecular weight excluding hydrogens is 466 g/mol. The summed E-state index contributed by atoms with van der Waals surface area (Å²) in [6.45, 7) is -0.156. The van der Waals surface area contributed by atoms with E-state index >= 15 is 0 Å². The predicted molar refractivity (Wildman–Crippen MR) is 110 cm³/mol. The first-order valence-electron chi connectivity index (χ1n) is 9.81. The Bertz CT molecular complexity index is 1120. The van der Waals surface area contributed by atoms with Crippen molar-refractivity contribution in [1.82, 2.24) is 15.1 Å². The third kappa shape index (κ3) is 6.76. The maximum absolute atomic E-state index is 12.9. The van der Waals surface area contributed by atoms with Gasteiger partial charge in [0.05, 0.1) is 10.5 Å². The fourth-order valence-electron chi connectivity index (χ4n) is 2.99. The summed E-state index contributed by atoms with van der Waals surface area (Å²) in [6.07, 6.45) is -2.91. The van der Waals surface area contributed by atoms with Crippen molar-refractivity contribution in [3.8, 4) is 0 Å². The summed E-state index contributed by atoms with van der Waals surface area (Å²) in [4.78, 5) is 16.5. The molecule has 7 nitrogen and oxygen atoms in total. The van der Waals surface area contributed by atoms with Gasteiger partial charge in [-0.1, -0.05) is 18.2 Å². The van der Waals surface area contributed by atoms with Crippen LogP contribution in [0.1, 0.15) is 17.5 Å². The zero-order chi connectivity index (χ0) is 24.1. The molecule has 1 aliphatic rings. The van der Waals surface area contributed by atoms with E-state index in [0.717, 1.165) is 28.1 Å².